The van der Waals surface area contributed by atoms with E-state index in [4.69, 9.17) is 4.74 Å². The maximum Gasteiger partial charge on any atom is 0.328 e. The van der Waals surface area contributed by atoms with Gasteiger partial charge in [-0.15, -0.1) is 0 Å². The molecule has 0 spiro atoms. The molecule has 7 heteroatoms. The van der Waals surface area contributed by atoms with Gasteiger partial charge in [0.2, 0.25) is 0 Å². The highest BCUT2D eigenvalue weighted by atomic mass is 16.5. The number of amides is 2. The molecular formula is C27H28N2O5. The normalized spacial score (nSPS) is 13.3. The smallest absolute Gasteiger partial charge is 0.328 e. The molecule has 7 nitrogen and oxygen atoms in total. The summed E-state index contributed by atoms with van der Waals surface area (Å²) in [5, 5.41) is 16.3. The van der Waals surface area contributed by atoms with Crippen molar-refractivity contribution in [3.05, 3.63) is 107 Å². The number of carbonyl (C=O) groups is 3. The van der Waals surface area contributed by atoms with Crippen LogP contribution in [-0.4, -0.2) is 42.1 Å². The number of benzene rings is 3. The van der Waals surface area contributed by atoms with Crippen LogP contribution in [0.5, 0.6) is 0 Å². The summed E-state index contributed by atoms with van der Waals surface area (Å²) in [6, 6.07) is 22.7. The number of nitrogens with one attached hydrogen (secondary N) is 2. The number of hydrogen-bond acceptors (Lipinski definition) is 5. The molecule has 0 aliphatic rings. The zero-order valence-corrected chi connectivity index (χ0v) is 19.1. The third-order valence-electron chi connectivity index (χ3n) is 5.55. The fourth-order valence-electron chi connectivity index (χ4n) is 3.62. The van der Waals surface area contributed by atoms with Gasteiger partial charge in [-0.05, 0) is 35.7 Å². The highest BCUT2D eigenvalue weighted by Crippen LogP contribution is 2.19. The van der Waals surface area contributed by atoms with E-state index >= 15 is 0 Å². The van der Waals surface area contributed by atoms with Gasteiger partial charge in [-0.1, -0.05) is 72.8 Å². The first-order valence-corrected chi connectivity index (χ1v) is 10.9. The second-order valence-corrected chi connectivity index (χ2v) is 7.89. The number of ether oxygens (including phenoxy) is 1. The summed E-state index contributed by atoms with van der Waals surface area (Å²) < 4.78 is 4.87. The first-order valence-electron chi connectivity index (χ1n) is 10.9. The Morgan fingerprint density at radius 2 is 1.44 bits per heavy atom. The van der Waals surface area contributed by atoms with E-state index in [0.29, 0.717) is 11.1 Å². The first-order chi connectivity index (χ1) is 16.4. The Bertz CT molecular complexity index is 1120. The van der Waals surface area contributed by atoms with E-state index < -0.39 is 36.0 Å². The lowest BCUT2D eigenvalue weighted by molar-refractivity contribution is -0.146. The van der Waals surface area contributed by atoms with Crippen molar-refractivity contribution in [3.63, 3.8) is 0 Å². The molecule has 3 rings (SSSR count). The van der Waals surface area contributed by atoms with Crippen LogP contribution in [0.2, 0.25) is 0 Å². The molecule has 3 N–H and O–H groups in total. The predicted molar refractivity (Wildman–Crippen MR) is 128 cm³/mol. The van der Waals surface area contributed by atoms with Gasteiger partial charge in [-0.3, -0.25) is 9.59 Å². The van der Waals surface area contributed by atoms with Crippen molar-refractivity contribution < 1.29 is 24.2 Å². The van der Waals surface area contributed by atoms with Gasteiger partial charge in [-0.25, -0.2) is 4.79 Å². The monoisotopic (exact) mass is 460 g/mol. The van der Waals surface area contributed by atoms with Crippen LogP contribution in [0.4, 0.5) is 0 Å². The molecule has 176 valence electrons. The first kappa shape index (κ1) is 24.7. The summed E-state index contributed by atoms with van der Waals surface area (Å²) in [5.74, 6) is -1.87. The van der Waals surface area contributed by atoms with Crippen LogP contribution in [0, 0.1) is 6.92 Å². The number of methoxy groups -OCH3 is 1. The second kappa shape index (κ2) is 11.8. The van der Waals surface area contributed by atoms with Crippen molar-refractivity contribution in [1.82, 2.24) is 10.6 Å². The van der Waals surface area contributed by atoms with Gasteiger partial charge in [-0.2, -0.15) is 0 Å². The van der Waals surface area contributed by atoms with Crippen molar-refractivity contribution in [2.45, 2.75) is 31.5 Å². The molecule has 0 heterocycles. The zero-order valence-electron chi connectivity index (χ0n) is 19.1. The third kappa shape index (κ3) is 6.30. The Balaban J connectivity index is 1.81. The summed E-state index contributed by atoms with van der Waals surface area (Å²) in [6.07, 6.45) is -1.46. The molecule has 0 saturated carbocycles. The largest absolute Gasteiger partial charge is 0.467 e. The lowest BCUT2D eigenvalue weighted by Crippen LogP contribution is -2.51. The Morgan fingerprint density at radius 1 is 0.853 bits per heavy atom. The Labute approximate surface area is 198 Å². The van der Waals surface area contributed by atoms with E-state index in [1.165, 1.54) is 7.11 Å². The number of aliphatic hydroxyl groups is 1. The van der Waals surface area contributed by atoms with E-state index in [9.17, 15) is 19.5 Å². The van der Waals surface area contributed by atoms with Crippen molar-refractivity contribution in [3.8, 4) is 0 Å². The van der Waals surface area contributed by atoms with Gasteiger partial charge < -0.3 is 20.5 Å². The number of hydrogen-bond donors (Lipinski definition) is 3. The highest BCUT2D eigenvalue weighted by molar-refractivity contribution is 5.95. The van der Waals surface area contributed by atoms with Crippen LogP contribution in [0.1, 0.15) is 33.1 Å². The van der Waals surface area contributed by atoms with Crippen LogP contribution in [0.3, 0.4) is 0 Å². The topological polar surface area (TPSA) is 105 Å². The van der Waals surface area contributed by atoms with Crippen LogP contribution >= 0.6 is 0 Å². The second-order valence-electron chi connectivity index (χ2n) is 7.89. The van der Waals surface area contributed by atoms with E-state index in [-0.39, 0.29) is 6.42 Å². The molecule has 3 aromatic rings. The maximum atomic E-state index is 13.1. The molecule has 0 unspecified atom stereocenters. The molecule has 3 atom stereocenters. The molecule has 34 heavy (non-hydrogen) atoms. The summed E-state index contributed by atoms with van der Waals surface area (Å²) in [5.41, 5.74) is 2.76. The standard InChI is InChI=1S/C27H28N2O5/c1-18-11-9-10-16-21(18)17-22(27(33)34-2)28-26(32)24(30)23(19-12-5-3-6-13-19)29-25(31)20-14-7-4-8-15-20/h3-16,22-24,30H,17H2,1-2H3,(H,28,32)(H,29,31)/t22-,23+,24-/m1/s1. The van der Waals surface area contributed by atoms with E-state index in [0.717, 1.165) is 11.1 Å². The highest BCUT2D eigenvalue weighted by Gasteiger charge is 2.32. The fraction of sp³-hybridized carbons (Fsp3) is 0.222. The number of aliphatic hydroxyl groups excluding tert-OH is 1. The summed E-state index contributed by atoms with van der Waals surface area (Å²) in [7, 11) is 1.24. The average Bonchev–Trinajstić information content (AvgIpc) is 2.88. The molecule has 2 amide bonds. The molecule has 0 bridgehead atoms. The minimum Gasteiger partial charge on any atom is -0.467 e. The zero-order chi connectivity index (χ0) is 24.5. The van der Waals surface area contributed by atoms with Crippen molar-refractivity contribution in [2.75, 3.05) is 7.11 Å². The molecular weight excluding hydrogens is 432 g/mol. The number of esters is 1. The summed E-state index contributed by atoms with van der Waals surface area (Å²) >= 11 is 0. The third-order valence-corrected chi connectivity index (χ3v) is 5.55. The van der Waals surface area contributed by atoms with Crippen molar-refractivity contribution in [1.29, 1.82) is 0 Å². The van der Waals surface area contributed by atoms with E-state index in [1.807, 2.05) is 31.2 Å². The lowest BCUT2D eigenvalue weighted by Gasteiger charge is -2.26. The van der Waals surface area contributed by atoms with Crippen molar-refractivity contribution in [2.24, 2.45) is 0 Å². The Kier molecular flexibility index (Phi) is 8.54. The molecule has 0 aromatic heterocycles. The minimum absolute atomic E-state index is 0.199. The average molecular weight is 461 g/mol. The summed E-state index contributed by atoms with van der Waals surface area (Å²) in [6.45, 7) is 1.91. The number of rotatable bonds is 9. The number of carbonyl (C=O) groups excluding carboxylic acids is 3. The predicted octanol–water partition coefficient (Wildman–Crippen LogP) is 2.73. The molecule has 0 aliphatic carbocycles. The Hall–Kier alpha value is -3.97. The molecule has 0 fully saturated rings. The maximum absolute atomic E-state index is 13.1. The van der Waals surface area contributed by atoms with Gasteiger partial charge in [0.25, 0.3) is 11.8 Å². The fourth-order valence-corrected chi connectivity index (χ4v) is 3.62. The lowest BCUT2D eigenvalue weighted by atomic mass is 9.98. The van der Waals surface area contributed by atoms with Gasteiger partial charge >= 0.3 is 5.97 Å². The van der Waals surface area contributed by atoms with Gasteiger partial charge in [0, 0.05) is 12.0 Å². The van der Waals surface area contributed by atoms with Crippen LogP contribution in [-0.2, 0) is 20.7 Å². The quantitative estimate of drug-likeness (QED) is 0.426. The molecule has 0 saturated heterocycles. The van der Waals surface area contributed by atoms with Crippen LogP contribution in [0.15, 0.2) is 84.9 Å². The molecule has 0 radical (unpaired) electrons. The van der Waals surface area contributed by atoms with Gasteiger partial charge in [0.15, 0.2) is 6.10 Å². The minimum atomic E-state index is -1.65. The molecule has 0 aliphatic heterocycles. The SMILES string of the molecule is COC(=O)[C@@H](Cc1ccccc1C)NC(=O)[C@H](O)[C@@H](NC(=O)c1ccccc1)c1ccccc1. The van der Waals surface area contributed by atoms with E-state index in [2.05, 4.69) is 10.6 Å². The summed E-state index contributed by atoms with van der Waals surface area (Å²) in [4.78, 5) is 38.2. The van der Waals surface area contributed by atoms with Gasteiger partial charge in [0.05, 0.1) is 13.2 Å². The van der Waals surface area contributed by atoms with E-state index in [1.54, 1.807) is 60.7 Å². The number of aryl methyl sites for hydroxylation is 1. The van der Waals surface area contributed by atoms with Crippen LogP contribution in [0.25, 0.3) is 0 Å². The van der Waals surface area contributed by atoms with Crippen LogP contribution < -0.4 is 10.6 Å². The van der Waals surface area contributed by atoms with Gasteiger partial charge in [0.1, 0.15) is 6.04 Å². The molecule has 3 aromatic carbocycles. The Morgan fingerprint density at radius 3 is 2.06 bits per heavy atom. The van der Waals surface area contributed by atoms with Crippen molar-refractivity contribution >= 4 is 17.8 Å².